The molecule has 1 spiro atoms. The molecule has 3 aliphatic rings. The van der Waals surface area contributed by atoms with Crippen molar-refractivity contribution in [1.82, 2.24) is 5.01 Å². The molecule has 1 N–H and O–H groups in total. The highest BCUT2D eigenvalue weighted by Crippen LogP contribution is 2.55. The molecule has 3 aromatic rings. The van der Waals surface area contributed by atoms with E-state index in [1.165, 1.54) is 0 Å². The zero-order valence-corrected chi connectivity index (χ0v) is 21.5. The maximum Gasteiger partial charge on any atom is 0.306 e. The van der Waals surface area contributed by atoms with Crippen LogP contribution >= 0.6 is 15.9 Å². The molecule has 6 nitrogen and oxygen atoms in total. The Morgan fingerprint density at radius 3 is 2.56 bits per heavy atom. The number of hydrogen-bond acceptors (Lipinski definition) is 5. The van der Waals surface area contributed by atoms with Gasteiger partial charge in [0.05, 0.1) is 23.0 Å². The largest absolute Gasteiger partial charge is 0.453 e. The molecule has 0 saturated carbocycles. The van der Waals surface area contributed by atoms with E-state index in [4.69, 9.17) is 14.9 Å². The van der Waals surface area contributed by atoms with Crippen LogP contribution in [0.4, 0.5) is 5.69 Å². The van der Waals surface area contributed by atoms with Crippen LogP contribution < -0.4 is 9.64 Å². The Kier molecular flexibility index (Phi) is 6.05. The SMILES string of the molecule is O=C1N(CCCCCCO)c2ccccc2[C@]12Oc1ccccc1[C@H]1CC(c3ccc(Br)cc3)=NN12. The summed E-state index contributed by atoms with van der Waals surface area (Å²) in [6.45, 7) is 0.812. The monoisotopic (exact) mass is 545 g/mol. The fourth-order valence-corrected chi connectivity index (χ4v) is 5.86. The Bertz CT molecular complexity index is 1330. The van der Waals surface area contributed by atoms with Gasteiger partial charge >= 0.3 is 5.72 Å². The summed E-state index contributed by atoms with van der Waals surface area (Å²) in [7, 11) is 0. The van der Waals surface area contributed by atoms with E-state index < -0.39 is 5.72 Å². The Morgan fingerprint density at radius 2 is 1.72 bits per heavy atom. The number of unbranched alkanes of at least 4 members (excludes halogenated alkanes) is 3. The summed E-state index contributed by atoms with van der Waals surface area (Å²) in [5.41, 5.74) is 3.42. The number of benzene rings is 3. The number of hydrazone groups is 1. The van der Waals surface area contributed by atoms with Crippen molar-refractivity contribution < 1.29 is 14.6 Å². The van der Waals surface area contributed by atoms with Crippen LogP contribution in [0.5, 0.6) is 5.75 Å². The lowest BCUT2D eigenvalue weighted by Gasteiger charge is -2.44. The first-order valence-electron chi connectivity index (χ1n) is 12.6. The average molecular weight is 546 g/mol. The average Bonchev–Trinajstić information content (AvgIpc) is 3.45. The molecule has 184 valence electrons. The number of fused-ring (bicyclic) bond motifs is 6. The van der Waals surface area contributed by atoms with Crippen LogP contribution in [0.15, 0.2) is 82.4 Å². The van der Waals surface area contributed by atoms with E-state index in [0.717, 1.165) is 64.0 Å². The zero-order chi connectivity index (χ0) is 24.7. The molecule has 1 amide bonds. The third-order valence-corrected chi connectivity index (χ3v) is 7.86. The number of carbonyl (C=O) groups excluding carboxylic acids is 1. The van der Waals surface area contributed by atoms with E-state index in [9.17, 15) is 4.79 Å². The van der Waals surface area contributed by atoms with Crippen molar-refractivity contribution in [2.75, 3.05) is 18.1 Å². The minimum Gasteiger partial charge on any atom is -0.453 e. The minimum atomic E-state index is -1.34. The van der Waals surface area contributed by atoms with Gasteiger partial charge in [0.25, 0.3) is 5.91 Å². The summed E-state index contributed by atoms with van der Waals surface area (Å²) in [4.78, 5) is 16.2. The summed E-state index contributed by atoms with van der Waals surface area (Å²) in [5, 5.41) is 16.1. The summed E-state index contributed by atoms with van der Waals surface area (Å²) < 4.78 is 7.71. The molecular weight excluding hydrogens is 518 g/mol. The Balaban J connectivity index is 1.43. The van der Waals surface area contributed by atoms with Gasteiger partial charge in [0.2, 0.25) is 0 Å². The summed E-state index contributed by atoms with van der Waals surface area (Å²) in [6, 6.07) is 24.0. The van der Waals surface area contributed by atoms with Gasteiger partial charge < -0.3 is 14.7 Å². The third-order valence-electron chi connectivity index (χ3n) is 7.33. The van der Waals surface area contributed by atoms with Crippen LogP contribution in [0, 0.1) is 0 Å². The molecule has 0 bridgehead atoms. The van der Waals surface area contributed by atoms with Crippen molar-refractivity contribution in [3.8, 4) is 5.75 Å². The van der Waals surface area contributed by atoms with Gasteiger partial charge in [0.15, 0.2) is 0 Å². The molecule has 2 atom stereocenters. The number of para-hydroxylation sites is 2. The second-order valence-corrected chi connectivity index (χ2v) is 10.4. The van der Waals surface area contributed by atoms with Crippen molar-refractivity contribution in [3.63, 3.8) is 0 Å². The predicted molar refractivity (Wildman–Crippen MR) is 143 cm³/mol. The van der Waals surface area contributed by atoms with Crippen LogP contribution in [0.1, 0.15) is 54.8 Å². The normalized spacial score (nSPS) is 21.8. The molecule has 3 aromatic carbocycles. The van der Waals surface area contributed by atoms with Gasteiger partial charge in [-0.3, -0.25) is 4.79 Å². The van der Waals surface area contributed by atoms with Gasteiger partial charge in [-0.2, -0.15) is 5.10 Å². The topological polar surface area (TPSA) is 65.4 Å². The Hall–Kier alpha value is -3.16. The molecule has 36 heavy (non-hydrogen) atoms. The highest BCUT2D eigenvalue weighted by atomic mass is 79.9. The van der Waals surface area contributed by atoms with Crippen molar-refractivity contribution in [1.29, 1.82) is 0 Å². The fourth-order valence-electron chi connectivity index (χ4n) is 5.59. The van der Waals surface area contributed by atoms with Gasteiger partial charge in [-0.05, 0) is 42.7 Å². The number of ether oxygens (including phenoxy) is 1. The number of aliphatic hydroxyl groups is 1. The maximum atomic E-state index is 14.3. The predicted octanol–water partition coefficient (Wildman–Crippen LogP) is 5.74. The minimum absolute atomic E-state index is 0.0915. The van der Waals surface area contributed by atoms with Crippen molar-refractivity contribution in [2.24, 2.45) is 5.10 Å². The van der Waals surface area contributed by atoms with Crippen LogP contribution in [0.3, 0.4) is 0 Å². The number of amides is 1. The number of halogens is 1. The standard InChI is InChI=1S/C29H28BrN3O3/c30-21-15-13-20(14-16-21)24-19-26-22-9-3-6-12-27(22)36-29(33(26)31-24)23-10-4-5-11-25(23)32(28(29)35)17-7-1-2-8-18-34/h3-6,9-16,26,34H,1-2,7-8,17-19H2/t26-,29+/m1/s1. The highest BCUT2D eigenvalue weighted by molar-refractivity contribution is 9.10. The van der Waals surface area contributed by atoms with E-state index in [2.05, 4.69) is 34.1 Å². The van der Waals surface area contributed by atoms with Crippen molar-refractivity contribution >= 4 is 33.2 Å². The third kappa shape index (κ3) is 3.64. The van der Waals surface area contributed by atoms with Crippen LogP contribution in [0.2, 0.25) is 0 Å². The van der Waals surface area contributed by atoms with Gasteiger partial charge in [-0.25, -0.2) is 5.01 Å². The Labute approximate surface area is 219 Å². The highest BCUT2D eigenvalue weighted by Gasteiger charge is 2.63. The number of anilines is 1. The van der Waals surface area contributed by atoms with Crippen LogP contribution in [-0.2, 0) is 10.5 Å². The van der Waals surface area contributed by atoms with E-state index in [1.807, 2.05) is 64.5 Å². The molecule has 6 rings (SSSR count). The molecule has 3 heterocycles. The summed E-state index contributed by atoms with van der Waals surface area (Å²) in [6.07, 6.45) is 4.26. The van der Waals surface area contributed by atoms with Gasteiger partial charge in [-0.15, -0.1) is 0 Å². The molecule has 0 unspecified atom stereocenters. The fraction of sp³-hybridized carbons (Fsp3) is 0.310. The number of aliphatic hydroxyl groups excluding tert-OH is 1. The number of carbonyl (C=O) groups is 1. The first-order chi connectivity index (χ1) is 17.6. The first kappa shape index (κ1) is 23.3. The Morgan fingerprint density at radius 1 is 0.972 bits per heavy atom. The number of rotatable bonds is 7. The molecule has 3 aliphatic heterocycles. The maximum absolute atomic E-state index is 14.3. The first-order valence-corrected chi connectivity index (χ1v) is 13.4. The molecule has 0 radical (unpaired) electrons. The molecule has 0 aliphatic carbocycles. The van der Waals surface area contributed by atoms with E-state index in [0.29, 0.717) is 13.0 Å². The lowest BCUT2D eigenvalue weighted by molar-refractivity contribution is -0.163. The van der Waals surface area contributed by atoms with Crippen molar-refractivity contribution in [3.05, 3.63) is 94.0 Å². The van der Waals surface area contributed by atoms with E-state index >= 15 is 0 Å². The lowest BCUT2D eigenvalue weighted by atomic mass is 9.92. The van der Waals surface area contributed by atoms with E-state index in [-0.39, 0.29) is 18.6 Å². The quantitative estimate of drug-likeness (QED) is 0.384. The van der Waals surface area contributed by atoms with E-state index in [1.54, 1.807) is 0 Å². The molecule has 7 heteroatoms. The van der Waals surface area contributed by atoms with Gasteiger partial charge in [-0.1, -0.05) is 77.3 Å². The summed E-state index contributed by atoms with van der Waals surface area (Å²) in [5.74, 6) is 0.644. The zero-order valence-electron chi connectivity index (χ0n) is 19.9. The molecular formula is C29H28BrN3O3. The van der Waals surface area contributed by atoms with Crippen LogP contribution in [-0.4, -0.2) is 34.9 Å². The summed E-state index contributed by atoms with van der Waals surface area (Å²) >= 11 is 3.52. The molecule has 0 saturated heterocycles. The second kappa shape index (κ2) is 9.37. The second-order valence-electron chi connectivity index (χ2n) is 9.51. The lowest BCUT2D eigenvalue weighted by Crippen LogP contribution is -2.57. The number of nitrogens with zero attached hydrogens (tertiary/aromatic N) is 3. The van der Waals surface area contributed by atoms with Gasteiger partial charge in [0.1, 0.15) is 5.75 Å². The van der Waals surface area contributed by atoms with Crippen LogP contribution in [0.25, 0.3) is 0 Å². The van der Waals surface area contributed by atoms with Gasteiger partial charge in [0, 0.05) is 29.6 Å². The number of hydrogen-bond donors (Lipinski definition) is 1. The molecule has 0 fully saturated rings. The smallest absolute Gasteiger partial charge is 0.306 e. The molecule has 0 aromatic heterocycles. The van der Waals surface area contributed by atoms with Crippen molar-refractivity contribution in [2.45, 2.75) is 43.9 Å².